The van der Waals surface area contributed by atoms with E-state index in [1.807, 2.05) is 0 Å². The summed E-state index contributed by atoms with van der Waals surface area (Å²) in [6.45, 7) is 4.34. The molecule has 6 rings (SSSR count). The van der Waals surface area contributed by atoms with Crippen molar-refractivity contribution in [1.29, 1.82) is 0 Å². The fraction of sp³-hybridized carbons (Fsp3) is 0.222. The molecule has 0 bridgehead atoms. The van der Waals surface area contributed by atoms with E-state index in [1.54, 1.807) is 0 Å². The van der Waals surface area contributed by atoms with Gasteiger partial charge in [-0.15, -0.1) is 10.2 Å². The van der Waals surface area contributed by atoms with E-state index in [0.29, 0.717) is 11.6 Å². The number of nitrogen functional groups attached to an aromatic ring is 1. The van der Waals surface area contributed by atoms with Gasteiger partial charge in [-0.25, -0.2) is 0 Å². The van der Waals surface area contributed by atoms with Gasteiger partial charge in [-0.3, -0.25) is 4.79 Å². The van der Waals surface area contributed by atoms with E-state index in [4.69, 9.17) is 5.73 Å². The van der Waals surface area contributed by atoms with Crippen molar-refractivity contribution in [1.82, 2.24) is 10.2 Å². The molecule has 1 aliphatic carbocycles. The SMILES string of the molecule is CC1(C)CC(=O)C2=C(C1)Nc1ccc3ccccc3c1C2c1ccc(-c2nnc(N)s2)cc1. The standard InChI is InChI=1S/C27H24N4OS/c1-27(2)13-20-24(21(32)14-27)22(16-7-9-17(10-8-16)25-30-31-26(28)33-25)23-18-6-4-3-5-15(18)11-12-19(23)29-20/h3-12,22,29H,13-14H2,1-2H3,(H2,28,31). The number of fused-ring (bicyclic) bond motifs is 3. The number of allylic oxidation sites excluding steroid dienone is 2. The Labute approximate surface area is 196 Å². The number of rotatable bonds is 2. The minimum atomic E-state index is -0.112. The summed E-state index contributed by atoms with van der Waals surface area (Å²) in [6.07, 6.45) is 1.42. The fourth-order valence-corrected chi connectivity index (χ4v) is 5.92. The lowest BCUT2D eigenvalue weighted by Gasteiger charge is -2.40. The van der Waals surface area contributed by atoms with Crippen molar-refractivity contribution >= 4 is 38.7 Å². The van der Waals surface area contributed by atoms with Crippen LogP contribution in [-0.2, 0) is 4.79 Å². The Morgan fingerprint density at radius 1 is 1.00 bits per heavy atom. The number of carbonyl (C=O) groups excluding carboxylic acids is 1. The molecule has 0 amide bonds. The van der Waals surface area contributed by atoms with Gasteiger partial charge < -0.3 is 11.1 Å². The third-order valence-electron chi connectivity index (χ3n) is 6.69. The lowest BCUT2D eigenvalue weighted by molar-refractivity contribution is -0.118. The molecule has 1 aromatic heterocycles. The van der Waals surface area contributed by atoms with Crippen molar-refractivity contribution in [2.75, 3.05) is 11.1 Å². The van der Waals surface area contributed by atoms with Gasteiger partial charge in [0.2, 0.25) is 5.13 Å². The Balaban J connectivity index is 1.56. The second kappa shape index (κ2) is 7.25. The Morgan fingerprint density at radius 2 is 1.79 bits per heavy atom. The Bertz CT molecular complexity index is 1450. The molecule has 1 aliphatic heterocycles. The monoisotopic (exact) mass is 452 g/mol. The molecule has 1 atom stereocenters. The van der Waals surface area contributed by atoms with Gasteiger partial charge in [-0.2, -0.15) is 0 Å². The number of nitrogens with zero attached hydrogens (tertiary/aromatic N) is 2. The summed E-state index contributed by atoms with van der Waals surface area (Å²) in [4.78, 5) is 13.5. The second-order valence-corrected chi connectivity index (χ2v) is 10.7. The van der Waals surface area contributed by atoms with Crippen LogP contribution >= 0.6 is 11.3 Å². The van der Waals surface area contributed by atoms with E-state index in [2.05, 4.69) is 90.0 Å². The second-order valence-electron chi connectivity index (χ2n) is 9.71. The number of benzene rings is 3. The number of nitrogens with two attached hydrogens (primary N) is 1. The largest absolute Gasteiger partial charge is 0.374 e. The number of Topliss-reactive ketones (excluding diaryl/α,β-unsaturated/α-hetero) is 1. The molecular weight excluding hydrogens is 428 g/mol. The first-order valence-corrected chi connectivity index (χ1v) is 12.0. The van der Waals surface area contributed by atoms with Crippen LogP contribution in [0.2, 0.25) is 0 Å². The molecule has 2 aliphatic rings. The first kappa shape index (κ1) is 20.1. The minimum absolute atomic E-state index is 0.0521. The van der Waals surface area contributed by atoms with Gasteiger partial charge in [0.05, 0.1) is 0 Å². The predicted octanol–water partition coefficient (Wildman–Crippen LogP) is 6.14. The number of ketones is 1. The number of anilines is 2. The Kier molecular flexibility index (Phi) is 4.42. The van der Waals surface area contributed by atoms with Crippen molar-refractivity contribution in [3.8, 4) is 10.6 Å². The average molecular weight is 453 g/mol. The highest BCUT2D eigenvalue weighted by atomic mass is 32.1. The normalized spacial score (nSPS) is 19.2. The van der Waals surface area contributed by atoms with Crippen molar-refractivity contribution in [2.24, 2.45) is 5.41 Å². The molecule has 3 N–H and O–H groups in total. The summed E-state index contributed by atoms with van der Waals surface area (Å²) < 4.78 is 0. The molecule has 1 unspecified atom stereocenters. The zero-order chi connectivity index (χ0) is 22.7. The summed E-state index contributed by atoms with van der Waals surface area (Å²) in [5.74, 6) is 0.123. The van der Waals surface area contributed by atoms with Crippen LogP contribution in [-0.4, -0.2) is 16.0 Å². The summed E-state index contributed by atoms with van der Waals surface area (Å²) in [7, 11) is 0. The van der Waals surface area contributed by atoms with Crippen LogP contribution in [0.1, 0.15) is 43.7 Å². The number of hydrogen-bond acceptors (Lipinski definition) is 6. The molecule has 6 heteroatoms. The lowest BCUT2D eigenvalue weighted by atomic mass is 9.68. The first-order valence-electron chi connectivity index (χ1n) is 11.1. The molecular formula is C27H24N4OS. The van der Waals surface area contributed by atoms with Crippen molar-refractivity contribution in [3.05, 3.63) is 83.1 Å². The highest BCUT2D eigenvalue weighted by Gasteiger charge is 2.41. The first-order chi connectivity index (χ1) is 15.9. The number of nitrogens with one attached hydrogen (secondary N) is 1. The maximum atomic E-state index is 13.5. The fourth-order valence-electron chi connectivity index (χ4n) is 5.31. The lowest BCUT2D eigenvalue weighted by Crippen LogP contribution is -2.33. The maximum Gasteiger partial charge on any atom is 0.203 e. The summed E-state index contributed by atoms with van der Waals surface area (Å²) in [6, 6.07) is 21.1. The van der Waals surface area contributed by atoms with Gasteiger partial charge in [0.15, 0.2) is 5.78 Å². The van der Waals surface area contributed by atoms with E-state index >= 15 is 0 Å². The van der Waals surface area contributed by atoms with Gasteiger partial charge in [0.1, 0.15) is 5.01 Å². The highest BCUT2D eigenvalue weighted by molar-refractivity contribution is 7.18. The van der Waals surface area contributed by atoms with E-state index in [9.17, 15) is 4.79 Å². The summed E-state index contributed by atoms with van der Waals surface area (Å²) in [5.41, 5.74) is 12.0. The van der Waals surface area contributed by atoms with Crippen LogP contribution in [0.25, 0.3) is 21.3 Å². The van der Waals surface area contributed by atoms with Gasteiger partial charge in [0.25, 0.3) is 0 Å². The van der Waals surface area contributed by atoms with E-state index in [-0.39, 0.29) is 17.1 Å². The number of hydrogen-bond donors (Lipinski definition) is 2. The summed E-state index contributed by atoms with van der Waals surface area (Å²) >= 11 is 1.37. The van der Waals surface area contributed by atoms with Gasteiger partial charge in [-0.1, -0.05) is 79.8 Å². The molecule has 4 aromatic rings. The minimum Gasteiger partial charge on any atom is -0.374 e. The molecule has 3 aromatic carbocycles. The van der Waals surface area contributed by atoms with Gasteiger partial charge in [0, 0.05) is 34.9 Å². The van der Waals surface area contributed by atoms with Crippen LogP contribution in [0.4, 0.5) is 10.8 Å². The zero-order valence-electron chi connectivity index (χ0n) is 18.6. The smallest absolute Gasteiger partial charge is 0.203 e. The van der Waals surface area contributed by atoms with Crippen molar-refractivity contribution in [2.45, 2.75) is 32.6 Å². The Hall–Kier alpha value is -3.51. The average Bonchev–Trinajstić information content (AvgIpc) is 3.23. The van der Waals surface area contributed by atoms with Crippen LogP contribution < -0.4 is 11.1 Å². The van der Waals surface area contributed by atoms with Crippen LogP contribution in [0.15, 0.2) is 71.9 Å². The van der Waals surface area contributed by atoms with Gasteiger partial charge >= 0.3 is 0 Å². The van der Waals surface area contributed by atoms with Crippen LogP contribution in [0.3, 0.4) is 0 Å². The molecule has 0 spiro atoms. The highest BCUT2D eigenvalue weighted by Crippen LogP contribution is 2.51. The van der Waals surface area contributed by atoms with Crippen molar-refractivity contribution < 1.29 is 4.79 Å². The molecule has 0 fully saturated rings. The van der Waals surface area contributed by atoms with Crippen molar-refractivity contribution in [3.63, 3.8) is 0 Å². The number of carbonyl (C=O) groups is 1. The number of aromatic nitrogens is 2. The predicted molar refractivity (Wildman–Crippen MR) is 134 cm³/mol. The molecule has 5 nitrogen and oxygen atoms in total. The van der Waals surface area contributed by atoms with Gasteiger partial charge in [-0.05, 0) is 39.8 Å². The molecule has 0 saturated carbocycles. The molecule has 2 heterocycles. The van der Waals surface area contributed by atoms with E-state index in [0.717, 1.165) is 39.5 Å². The maximum absolute atomic E-state index is 13.5. The van der Waals surface area contributed by atoms with Crippen LogP contribution in [0, 0.1) is 5.41 Å². The van der Waals surface area contributed by atoms with E-state index < -0.39 is 0 Å². The third kappa shape index (κ3) is 3.33. The summed E-state index contributed by atoms with van der Waals surface area (Å²) in [5, 5.41) is 15.4. The molecule has 0 radical (unpaired) electrons. The quantitative estimate of drug-likeness (QED) is 0.382. The molecule has 33 heavy (non-hydrogen) atoms. The molecule has 164 valence electrons. The third-order valence-corrected chi connectivity index (χ3v) is 7.49. The van der Waals surface area contributed by atoms with Crippen LogP contribution in [0.5, 0.6) is 0 Å². The zero-order valence-corrected chi connectivity index (χ0v) is 19.4. The Morgan fingerprint density at radius 3 is 2.55 bits per heavy atom. The van der Waals surface area contributed by atoms with E-state index in [1.165, 1.54) is 27.7 Å². The molecule has 0 saturated heterocycles. The topological polar surface area (TPSA) is 80.9 Å².